The molecular formula is C59H77N5O10. The summed E-state index contributed by atoms with van der Waals surface area (Å²) in [6.07, 6.45) is 17.9. The number of amides is 4. The molecule has 7 rings (SSSR count). The Bertz CT molecular complexity index is 2490. The van der Waals surface area contributed by atoms with E-state index in [2.05, 4.69) is 62.0 Å². The third kappa shape index (κ3) is 14.7. The van der Waals surface area contributed by atoms with Gasteiger partial charge >= 0.3 is 6.16 Å². The summed E-state index contributed by atoms with van der Waals surface area (Å²) < 4.78 is 16.6. The van der Waals surface area contributed by atoms with Crippen LogP contribution in [0.15, 0.2) is 96.2 Å². The summed E-state index contributed by atoms with van der Waals surface area (Å²) in [7, 11) is 0. The van der Waals surface area contributed by atoms with E-state index >= 15 is 0 Å². The topological polar surface area (TPSA) is 204 Å². The second kappa shape index (κ2) is 25.7. The van der Waals surface area contributed by atoms with Gasteiger partial charge in [-0.1, -0.05) is 108 Å². The number of nitrogens with zero attached hydrogens (tertiary/aromatic N) is 1. The average molecular weight is 1020 g/mol. The van der Waals surface area contributed by atoms with E-state index in [0.717, 1.165) is 48.3 Å². The van der Waals surface area contributed by atoms with Gasteiger partial charge in [0.05, 0.1) is 17.6 Å². The van der Waals surface area contributed by atoms with Crippen molar-refractivity contribution in [3.05, 3.63) is 117 Å². The summed E-state index contributed by atoms with van der Waals surface area (Å²) in [5, 5.41) is 21.6. The van der Waals surface area contributed by atoms with Crippen molar-refractivity contribution in [2.75, 3.05) is 25.0 Å². The molecule has 0 aliphatic heterocycles. The van der Waals surface area contributed by atoms with E-state index in [4.69, 9.17) is 14.2 Å². The second-order valence-corrected chi connectivity index (χ2v) is 22.1. The van der Waals surface area contributed by atoms with Crippen LogP contribution in [-0.4, -0.2) is 60.5 Å². The monoisotopic (exact) mass is 1020 g/mol. The molecule has 398 valence electrons. The highest BCUT2D eigenvalue weighted by atomic mass is 16.7. The first-order valence-electron chi connectivity index (χ1n) is 26.9. The number of allylic oxidation sites excluding steroid dienone is 1. The lowest BCUT2D eigenvalue weighted by atomic mass is 9.47. The fraction of sp³-hybridized carbons (Fsp3) is 0.542. The van der Waals surface area contributed by atoms with E-state index in [1.54, 1.807) is 54.1 Å². The largest absolute Gasteiger partial charge is 0.514 e. The molecule has 0 heterocycles. The minimum Gasteiger partial charge on any atom is -0.429 e. The molecule has 3 aromatic rings. The van der Waals surface area contributed by atoms with E-state index < -0.39 is 35.3 Å². The number of nitro benzene ring substituents is 1. The smallest absolute Gasteiger partial charge is 0.429 e. The molecule has 0 aromatic heterocycles. The number of anilines is 1. The molecule has 15 nitrogen and oxygen atoms in total. The van der Waals surface area contributed by atoms with Crippen LogP contribution >= 0.6 is 0 Å². The number of nitro groups is 1. The molecular weight excluding hydrogens is 939 g/mol. The molecule has 4 aliphatic rings. The highest BCUT2D eigenvalue weighted by molar-refractivity contribution is 6.03. The van der Waals surface area contributed by atoms with Gasteiger partial charge in [-0.15, -0.1) is 0 Å². The number of carbonyl (C=O) groups excluding carboxylic acids is 5. The van der Waals surface area contributed by atoms with Crippen molar-refractivity contribution in [2.24, 2.45) is 46.3 Å². The molecule has 0 spiro atoms. The van der Waals surface area contributed by atoms with Gasteiger partial charge in [0.1, 0.15) is 18.1 Å². The van der Waals surface area contributed by atoms with Gasteiger partial charge in [0.25, 0.3) is 11.6 Å². The number of nitrogens with one attached hydrogen (secondary N) is 4. The van der Waals surface area contributed by atoms with Crippen molar-refractivity contribution < 1.29 is 43.1 Å². The van der Waals surface area contributed by atoms with Crippen LogP contribution in [0.5, 0.6) is 5.75 Å². The van der Waals surface area contributed by atoms with Crippen molar-refractivity contribution in [3.8, 4) is 5.75 Å². The lowest BCUT2D eigenvalue weighted by Crippen LogP contribution is -2.51. The Morgan fingerprint density at radius 2 is 1.55 bits per heavy atom. The van der Waals surface area contributed by atoms with E-state index in [0.29, 0.717) is 41.8 Å². The minimum atomic E-state index is -1.00. The SMILES string of the molecule is CC(C)CCC[C@@H](C)[C@H]1CC[C@H]2[C@@H]3CC=C4C[C@@H](OCCCNC(=O)CCC(=O)N/C(=C/c5ccccc5)C(=O)NCC(=O)Nc5ccc(COC(=O)Oc6ccc([N+](=O)[O-])cc6)cc5)CC[C@]4(C)C3CC[C@]12C. The normalized spacial score (nSPS) is 24.5. The maximum Gasteiger partial charge on any atom is 0.514 e. The number of hydrogen-bond acceptors (Lipinski definition) is 10. The fourth-order valence-electron chi connectivity index (χ4n) is 12.8. The van der Waals surface area contributed by atoms with Crippen LogP contribution in [0.2, 0.25) is 0 Å². The van der Waals surface area contributed by atoms with Crippen LogP contribution < -0.4 is 26.0 Å². The van der Waals surface area contributed by atoms with Crippen molar-refractivity contribution in [2.45, 2.75) is 137 Å². The molecule has 4 amide bonds. The molecule has 0 saturated heterocycles. The number of non-ortho nitro benzene ring substituents is 1. The predicted molar refractivity (Wildman–Crippen MR) is 284 cm³/mol. The summed E-state index contributed by atoms with van der Waals surface area (Å²) in [4.78, 5) is 74.4. The molecule has 4 aliphatic carbocycles. The number of fused-ring (bicyclic) bond motifs is 5. The molecule has 4 N–H and O–H groups in total. The Balaban J connectivity index is 0.788. The van der Waals surface area contributed by atoms with Crippen LogP contribution in [0.25, 0.3) is 6.08 Å². The van der Waals surface area contributed by atoms with E-state index in [9.17, 15) is 34.1 Å². The van der Waals surface area contributed by atoms with Crippen LogP contribution in [-0.2, 0) is 35.3 Å². The predicted octanol–water partition coefficient (Wildman–Crippen LogP) is 11.2. The molecule has 3 fully saturated rings. The Morgan fingerprint density at radius 1 is 0.811 bits per heavy atom. The van der Waals surface area contributed by atoms with Gasteiger partial charge < -0.3 is 35.5 Å². The van der Waals surface area contributed by atoms with Gasteiger partial charge in [-0.3, -0.25) is 29.3 Å². The van der Waals surface area contributed by atoms with Gasteiger partial charge in [0, 0.05) is 43.8 Å². The van der Waals surface area contributed by atoms with Crippen LogP contribution in [0.1, 0.15) is 136 Å². The fourth-order valence-corrected chi connectivity index (χ4v) is 12.8. The van der Waals surface area contributed by atoms with Crippen molar-refractivity contribution in [1.82, 2.24) is 16.0 Å². The van der Waals surface area contributed by atoms with Gasteiger partial charge in [-0.05, 0) is 146 Å². The Morgan fingerprint density at radius 3 is 2.28 bits per heavy atom. The zero-order valence-electron chi connectivity index (χ0n) is 44.0. The molecule has 1 unspecified atom stereocenters. The van der Waals surface area contributed by atoms with Crippen LogP contribution in [0.4, 0.5) is 16.2 Å². The zero-order chi connectivity index (χ0) is 52.8. The van der Waals surface area contributed by atoms with Gasteiger partial charge in [0.15, 0.2) is 0 Å². The van der Waals surface area contributed by atoms with Crippen molar-refractivity contribution >= 4 is 47.2 Å². The maximum absolute atomic E-state index is 13.3. The zero-order valence-corrected chi connectivity index (χ0v) is 44.0. The molecule has 8 atom stereocenters. The molecule has 3 aromatic carbocycles. The van der Waals surface area contributed by atoms with E-state index in [1.807, 2.05) is 6.07 Å². The average Bonchev–Trinajstić information content (AvgIpc) is 3.74. The number of rotatable bonds is 23. The van der Waals surface area contributed by atoms with E-state index in [-0.39, 0.29) is 54.0 Å². The van der Waals surface area contributed by atoms with Crippen LogP contribution in [0.3, 0.4) is 0 Å². The van der Waals surface area contributed by atoms with Gasteiger partial charge in [-0.25, -0.2) is 4.79 Å². The lowest BCUT2D eigenvalue weighted by molar-refractivity contribution is -0.384. The Labute approximate surface area is 436 Å². The van der Waals surface area contributed by atoms with Gasteiger partial charge in [0.2, 0.25) is 17.7 Å². The summed E-state index contributed by atoms with van der Waals surface area (Å²) in [5.74, 6) is 2.94. The second-order valence-electron chi connectivity index (χ2n) is 22.1. The van der Waals surface area contributed by atoms with Crippen molar-refractivity contribution in [1.29, 1.82) is 0 Å². The maximum atomic E-state index is 13.3. The van der Waals surface area contributed by atoms with Gasteiger partial charge in [-0.2, -0.15) is 0 Å². The molecule has 74 heavy (non-hydrogen) atoms. The number of carbonyl (C=O) groups is 5. The summed E-state index contributed by atoms with van der Waals surface area (Å²) >= 11 is 0. The number of benzene rings is 3. The molecule has 3 saturated carbocycles. The summed E-state index contributed by atoms with van der Waals surface area (Å²) in [5.41, 5.74) is 3.78. The molecule has 0 bridgehead atoms. The molecule has 0 radical (unpaired) electrons. The van der Waals surface area contributed by atoms with Crippen molar-refractivity contribution in [3.63, 3.8) is 0 Å². The lowest BCUT2D eigenvalue weighted by Gasteiger charge is -2.58. The summed E-state index contributed by atoms with van der Waals surface area (Å²) in [6, 6.07) is 20.3. The first-order valence-corrected chi connectivity index (χ1v) is 26.9. The first kappa shape index (κ1) is 55.4. The highest BCUT2D eigenvalue weighted by Gasteiger charge is 2.59. The molecule has 15 heteroatoms. The third-order valence-corrected chi connectivity index (χ3v) is 16.7. The summed E-state index contributed by atoms with van der Waals surface area (Å²) in [6.45, 7) is 12.9. The quantitative estimate of drug-likeness (QED) is 0.0135. The Hall–Kier alpha value is -6.35. The number of ether oxygens (including phenoxy) is 3. The minimum absolute atomic E-state index is 0.0674. The highest BCUT2D eigenvalue weighted by Crippen LogP contribution is 2.67. The Kier molecular flexibility index (Phi) is 19.3. The number of hydrogen-bond donors (Lipinski definition) is 4. The van der Waals surface area contributed by atoms with Crippen LogP contribution in [0, 0.1) is 56.5 Å². The van der Waals surface area contributed by atoms with E-state index in [1.165, 1.54) is 88.1 Å². The standard InChI is InChI=1S/C59H77N5O10/c1-39(2)11-9-12-40(3)49-25-26-50-48-24-17-43-36-47(29-31-58(43,4)51(48)30-32-59(49,50)5)72-34-10-33-60-53(65)27-28-54(66)63-52(35-41-13-7-6-8-14-41)56(68)61-37-55(67)62-44-18-15-42(16-19-44)38-73-57(69)74-46-22-20-45(21-23-46)64(70)71/h6-8,13-23,35,39-40,47-51H,9-12,24-34,36-38H2,1-5H3,(H,60,65)(H,61,68)(H,62,67)(H,63,66)/b52-35+/t40-,47+,48+,49-,50+,51?,58+,59-/m1/s1. The first-order chi connectivity index (χ1) is 35.5. The third-order valence-electron chi connectivity index (χ3n) is 16.7.